The second-order valence-electron chi connectivity index (χ2n) is 9.31. The molecule has 8 heteroatoms. The maximum absolute atomic E-state index is 13.6. The monoisotopic (exact) mass is 486 g/mol. The first kappa shape index (κ1) is 22.1. The molecule has 0 atom stereocenters. The number of fused-ring (bicyclic) bond motifs is 2. The summed E-state index contributed by atoms with van der Waals surface area (Å²) in [6.45, 7) is 3.75. The molecule has 7 nitrogen and oxygen atoms in total. The summed E-state index contributed by atoms with van der Waals surface area (Å²) in [6, 6.07) is 16.3. The molecule has 0 unspecified atom stereocenters. The van der Waals surface area contributed by atoms with E-state index < -0.39 is 0 Å². The Morgan fingerprint density at radius 2 is 1.86 bits per heavy atom. The molecular weight excluding hydrogens is 460 g/mol. The van der Waals surface area contributed by atoms with Gasteiger partial charge in [0.15, 0.2) is 5.69 Å². The first-order valence-electron chi connectivity index (χ1n) is 12.0. The van der Waals surface area contributed by atoms with Crippen molar-refractivity contribution in [2.75, 3.05) is 13.1 Å². The number of aryl methyl sites for hydroxylation is 1. The molecule has 1 aromatic carbocycles. The predicted molar refractivity (Wildman–Crippen MR) is 134 cm³/mol. The van der Waals surface area contributed by atoms with E-state index in [9.17, 15) is 4.79 Å². The molecule has 0 fully saturated rings. The Kier molecular flexibility index (Phi) is 5.66. The van der Waals surface area contributed by atoms with E-state index in [2.05, 4.69) is 38.7 Å². The summed E-state index contributed by atoms with van der Waals surface area (Å²) < 4.78 is 3.99. The highest BCUT2D eigenvalue weighted by Gasteiger charge is 2.31. The van der Waals surface area contributed by atoms with Gasteiger partial charge in [0.1, 0.15) is 5.82 Å². The topological polar surface area (TPSA) is 59.2 Å². The second kappa shape index (κ2) is 8.98. The quantitative estimate of drug-likeness (QED) is 0.437. The smallest absolute Gasteiger partial charge is 0.275 e. The molecular formula is C27H27ClN6O. The molecule has 2 aliphatic heterocycles. The van der Waals surface area contributed by atoms with E-state index in [-0.39, 0.29) is 5.91 Å². The van der Waals surface area contributed by atoms with Crippen LogP contribution in [0.1, 0.15) is 38.6 Å². The van der Waals surface area contributed by atoms with Gasteiger partial charge < -0.3 is 9.47 Å². The maximum atomic E-state index is 13.6. The molecule has 6 rings (SSSR count). The number of rotatable bonds is 4. The number of benzene rings is 1. The third kappa shape index (κ3) is 4.15. The number of pyridine rings is 1. The van der Waals surface area contributed by atoms with E-state index in [1.165, 1.54) is 11.1 Å². The standard InChI is InChI=1S/C27H27ClN6O/c1-31-24-11-13-32(17-22-7-4-12-34(22)25-9-8-21(28)15-29-25)18-23(24)26(30-31)27(35)33-14-10-19-5-2-3-6-20(19)16-33/h2-9,12,15H,10-11,13-14,16-18H2,1H3. The number of nitrogens with zero attached hydrogens (tertiary/aromatic N) is 6. The van der Waals surface area contributed by atoms with Crippen molar-refractivity contribution >= 4 is 17.5 Å². The maximum Gasteiger partial charge on any atom is 0.275 e. The average Bonchev–Trinajstić information content (AvgIpc) is 3.48. The van der Waals surface area contributed by atoms with Crippen LogP contribution in [0.15, 0.2) is 60.9 Å². The Bertz CT molecular complexity index is 1390. The van der Waals surface area contributed by atoms with Crippen LogP contribution in [0.25, 0.3) is 5.82 Å². The molecule has 0 saturated heterocycles. The fourth-order valence-electron chi connectivity index (χ4n) is 5.28. The summed E-state index contributed by atoms with van der Waals surface area (Å²) in [4.78, 5) is 22.4. The Balaban J connectivity index is 1.22. The number of halogens is 1. The first-order valence-corrected chi connectivity index (χ1v) is 12.4. The van der Waals surface area contributed by atoms with Gasteiger partial charge in [0.25, 0.3) is 5.91 Å². The van der Waals surface area contributed by atoms with E-state index in [0.29, 0.717) is 23.8 Å². The van der Waals surface area contributed by atoms with E-state index in [0.717, 1.165) is 55.2 Å². The van der Waals surface area contributed by atoms with Crippen LogP contribution < -0.4 is 0 Å². The van der Waals surface area contributed by atoms with E-state index in [4.69, 9.17) is 16.7 Å². The van der Waals surface area contributed by atoms with Gasteiger partial charge in [-0.3, -0.25) is 14.4 Å². The summed E-state index contributed by atoms with van der Waals surface area (Å²) >= 11 is 6.02. The number of aromatic nitrogens is 4. The van der Waals surface area contributed by atoms with Gasteiger partial charge in [0, 0.05) is 75.5 Å². The van der Waals surface area contributed by atoms with Crippen molar-refractivity contribution in [2.45, 2.75) is 32.5 Å². The molecule has 0 N–H and O–H groups in total. The third-order valence-corrected chi connectivity index (χ3v) is 7.34. The van der Waals surface area contributed by atoms with Gasteiger partial charge in [-0.05, 0) is 41.8 Å². The zero-order valence-corrected chi connectivity index (χ0v) is 20.4. The molecule has 0 radical (unpaired) electrons. The second-order valence-corrected chi connectivity index (χ2v) is 9.74. The van der Waals surface area contributed by atoms with Gasteiger partial charge in [-0.2, -0.15) is 5.10 Å². The molecule has 178 valence electrons. The Morgan fingerprint density at radius 1 is 1.00 bits per heavy atom. The number of carbonyl (C=O) groups is 1. The van der Waals surface area contributed by atoms with Crippen LogP contribution >= 0.6 is 11.6 Å². The molecule has 0 spiro atoms. The van der Waals surface area contributed by atoms with E-state index in [1.54, 1.807) is 6.20 Å². The highest BCUT2D eigenvalue weighted by atomic mass is 35.5. The normalized spacial score (nSPS) is 15.7. The minimum atomic E-state index is 0.0342. The molecule has 2 aliphatic rings. The van der Waals surface area contributed by atoms with Gasteiger partial charge in [-0.1, -0.05) is 35.9 Å². The predicted octanol–water partition coefficient (Wildman–Crippen LogP) is 4.02. The van der Waals surface area contributed by atoms with Crippen molar-refractivity contribution in [2.24, 2.45) is 7.05 Å². The summed E-state index contributed by atoms with van der Waals surface area (Å²) in [5.74, 6) is 0.877. The fraction of sp³-hybridized carbons (Fsp3) is 0.296. The Hall–Kier alpha value is -3.42. The van der Waals surface area contributed by atoms with Crippen molar-refractivity contribution < 1.29 is 4.79 Å². The van der Waals surface area contributed by atoms with E-state index >= 15 is 0 Å². The zero-order valence-electron chi connectivity index (χ0n) is 19.7. The van der Waals surface area contributed by atoms with Crippen LogP contribution in [0.3, 0.4) is 0 Å². The summed E-state index contributed by atoms with van der Waals surface area (Å²) in [7, 11) is 1.95. The minimum absolute atomic E-state index is 0.0342. The lowest BCUT2D eigenvalue weighted by Crippen LogP contribution is -2.37. The van der Waals surface area contributed by atoms with Gasteiger partial charge in [0.05, 0.1) is 5.02 Å². The fourth-order valence-corrected chi connectivity index (χ4v) is 5.39. The average molecular weight is 487 g/mol. The highest BCUT2D eigenvalue weighted by molar-refractivity contribution is 6.30. The Labute approximate surface area is 209 Å². The number of hydrogen-bond donors (Lipinski definition) is 0. The van der Waals surface area contributed by atoms with Gasteiger partial charge in [-0.15, -0.1) is 0 Å². The SMILES string of the molecule is Cn1nc(C(=O)N2CCc3ccccc3C2)c2c1CCN(Cc1cccn1-c1ccc(Cl)cn1)C2. The zero-order chi connectivity index (χ0) is 23.9. The van der Waals surface area contributed by atoms with Crippen LogP contribution in [0.2, 0.25) is 5.02 Å². The highest BCUT2D eigenvalue weighted by Crippen LogP contribution is 2.27. The first-order chi connectivity index (χ1) is 17.1. The van der Waals surface area contributed by atoms with Crippen LogP contribution in [-0.2, 0) is 39.5 Å². The lowest BCUT2D eigenvalue weighted by molar-refractivity contribution is 0.0725. The Morgan fingerprint density at radius 3 is 2.69 bits per heavy atom. The van der Waals surface area contributed by atoms with Gasteiger partial charge in [-0.25, -0.2) is 4.98 Å². The van der Waals surface area contributed by atoms with Crippen molar-refractivity contribution in [3.05, 3.63) is 99.7 Å². The van der Waals surface area contributed by atoms with Gasteiger partial charge >= 0.3 is 0 Å². The number of hydrogen-bond acceptors (Lipinski definition) is 4. The molecule has 35 heavy (non-hydrogen) atoms. The van der Waals surface area contributed by atoms with Crippen molar-refractivity contribution in [1.82, 2.24) is 29.1 Å². The lowest BCUT2D eigenvalue weighted by atomic mass is 9.99. The van der Waals surface area contributed by atoms with Crippen LogP contribution in [0.4, 0.5) is 0 Å². The summed E-state index contributed by atoms with van der Waals surface area (Å²) in [5, 5.41) is 5.32. The third-order valence-electron chi connectivity index (χ3n) is 7.12. The summed E-state index contributed by atoms with van der Waals surface area (Å²) in [6.07, 6.45) is 5.45. The van der Waals surface area contributed by atoms with Crippen molar-refractivity contribution in [3.63, 3.8) is 0 Å². The molecule has 1 amide bonds. The molecule has 4 aromatic rings. The molecule has 5 heterocycles. The van der Waals surface area contributed by atoms with Crippen LogP contribution in [0.5, 0.6) is 0 Å². The molecule has 0 aliphatic carbocycles. The van der Waals surface area contributed by atoms with Crippen LogP contribution in [-0.4, -0.2) is 48.1 Å². The lowest BCUT2D eigenvalue weighted by Gasteiger charge is -2.30. The van der Waals surface area contributed by atoms with Crippen molar-refractivity contribution in [1.29, 1.82) is 0 Å². The number of amides is 1. The minimum Gasteiger partial charge on any atom is -0.333 e. The largest absolute Gasteiger partial charge is 0.333 e. The van der Waals surface area contributed by atoms with Gasteiger partial charge in [0.2, 0.25) is 0 Å². The number of carbonyl (C=O) groups excluding carboxylic acids is 1. The van der Waals surface area contributed by atoms with Crippen molar-refractivity contribution in [3.8, 4) is 5.82 Å². The van der Waals surface area contributed by atoms with E-state index in [1.807, 2.05) is 47.1 Å². The molecule has 0 saturated carbocycles. The summed E-state index contributed by atoms with van der Waals surface area (Å²) in [5.41, 5.74) is 6.54. The van der Waals surface area contributed by atoms with Crippen LogP contribution in [0, 0.1) is 0 Å². The molecule has 3 aromatic heterocycles. The molecule has 0 bridgehead atoms.